The maximum atomic E-state index is 14.4. The van der Waals surface area contributed by atoms with Gasteiger partial charge in [-0.2, -0.15) is 0 Å². The average Bonchev–Trinajstić information content (AvgIpc) is 3.69. The summed E-state index contributed by atoms with van der Waals surface area (Å²) in [5.74, 6) is -0.796. The van der Waals surface area contributed by atoms with E-state index in [2.05, 4.69) is 10.6 Å². The average molecular weight is 720 g/mol. The van der Waals surface area contributed by atoms with Crippen LogP contribution < -0.4 is 20.1 Å². The zero-order chi connectivity index (χ0) is 36.7. The molecule has 1 saturated heterocycles. The SMILES string of the molecule is COc1ccc(C2SC[C@@H](C(=O)O)N2C(=O)[C@@H](CCCCNC(=O)OC(C)(C)C)NC(=O)OCC2c3ccccc3-c3ccccc32)c(OC)c1. The van der Waals surface area contributed by atoms with E-state index in [0.29, 0.717) is 29.9 Å². The molecule has 1 aliphatic carbocycles. The van der Waals surface area contributed by atoms with Gasteiger partial charge in [0.2, 0.25) is 5.91 Å². The van der Waals surface area contributed by atoms with Gasteiger partial charge in [-0.25, -0.2) is 14.4 Å². The highest BCUT2D eigenvalue weighted by atomic mass is 32.2. The van der Waals surface area contributed by atoms with Crippen molar-refractivity contribution >= 4 is 35.8 Å². The fourth-order valence-corrected chi connectivity index (χ4v) is 7.88. The molecule has 2 aliphatic rings. The van der Waals surface area contributed by atoms with Crippen LogP contribution in [0.1, 0.15) is 68.0 Å². The van der Waals surface area contributed by atoms with Crippen LogP contribution in [0, 0.1) is 0 Å². The van der Waals surface area contributed by atoms with Crippen LogP contribution in [-0.2, 0) is 19.1 Å². The molecule has 1 fully saturated rings. The summed E-state index contributed by atoms with van der Waals surface area (Å²) in [4.78, 5) is 53.8. The van der Waals surface area contributed by atoms with Gasteiger partial charge >= 0.3 is 18.2 Å². The fraction of sp³-hybridized carbons (Fsp3) is 0.421. The molecule has 51 heavy (non-hydrogen) atoms. The molecule has 1 unspecified atom stereocenters. The van der Waals surface area contributed by atoms with Gasteiger partial charge < -0.3 is 39.6 Å². The quantitative estimate of drug-likeness (QED) is 0.171. The Hall–Kier alpha value is -4.91. The van der Waals surface area contributed by atoms with E-state index in [1.54, 1.807) is 39.0 Å². The Morgan fingerprint density at radius 2 is 1.57 bits per heavy atom. The third-order valence-electron chi connectivity index (χ3n) is 8.77. The second-order valence-corrected chi connectivity index (χ2v) is 14.5. The van der Waals surface area contributed by atoms with Crippen LogP contribution in [0.5, 0.6) is 11.5 Å². The number of hydrogen-bond acceptors (Lipinski definition) is 9. The van der Waals surface area contributed by atoms with Crippen molar-refractivity contribution < 1.29 is 43.2 Å². The van der Waals surface area contributed by atoms with Gasteiger partial charge in [-0.1, -0.05) is 48.5 Å². The van der Waals surface area contributed by atoms with E-state index < -0.39 is 47.1 Å². The number of nitrogens with zero attached hydrogens (tertiary/aromatic N) is 1. The Morgan fingerprint density at radius 1 is 0.902 bits per heavy atom. The number of hydrogen-bond donors (Lipinski definition) is 3. The Balaban J connectivity index is 1.34. The van der Waals surface area contributed by atoms with Crippen LogP contribution in [0.3, 0.4) is 0 Å². The number of nitrogens with one attached hydrogen (secondary N) is 2. The predicted molar refractivity (Wildman–Crippen MR) is 193 cm³/mol. The number of carboxylic acids is 1. The zero-order valence-electron chi connectivity index (χ0n) is 29.5. The molecule has 3 atom stereocenters. The van der Waals surface area contributed by atoms with Crippen LogP contribution in [0.4, 0.5) is 9.59 Å². The monoisotopic (exact) mass is 719 g/mol. The number of aliphatic carboxylic acids is 1. The van der Waals surface area contributed by atoms with Gasteiger partial charge in [-0.15, -0.1) is 11.8 Å². The van der Waals surface area contributed by atoms with E-state index >= 15 is 0 Å². The molecule has 12 nitrogen and oxygen atoms in total. The summed E-state index contributed by atoms with van der Waals surface area (Å²) in [7, 11) is 3.02. The summed E-state index contributed by atoms with van der Waals surface area (Å²) in [6.07, 6.45) is -0.284. The summed E-state index contributed by atoms with van der Waals surface area (Å²) >= 11 is 1.30. The normalized spacial score (nSPS) is 17.2. The summed E-state index contributed by atoms with van der Waals surface area (Å²) in [5, 5.41) is 14.9. The number of fused-ring (bicyclic) bond motifs is 3. The molecule has 0 aromatic heterocycles. The molecule has 3 N–H and O–H groups in total. The summed E-state index contributed by atoms with van der Waals surface area (Å²) in [6, 6.07) is 18.8. The largest absolute Gasteiger partial charge is 0.497 e. The van der Waals surface area contributed by atoms with Crippen LogP contribution in [0.25, 0.3) is 11.1 Å². The highest BCUT2D eigenvalue weighted by Crippen LogP contribution is 2.46. The van der Waals surface area contributed by atoms with Crippen molar-refractivity contribution in [3.63, 3.8) is 0 Å². The van der Waals surface area contributed by atoms with E-state index in [4.69, 9.17) is 18.9 Å². The Bertz CT molecular complexity index is 1700. The number of methoxy groups -OCH3 is 2. The lowest BCUT2D eigenvalue weighted by Gasteiger charge is -2.32. The van der Waals surface area contributed by atoms with E-state index in [-0.39, 0.29) is 31.2 Å². The van der Waals surface area contributed by atoms with Gasteiger partial charge in [0, 0.05) is 29.8 Å². The zero-order valence-corrected chi connectivity index (χ0v) is 30.3. The lowest BCUT2D eigenvalue weighted by atomic mass is 9.98. The van der Waals surface area contributed by atoms with Crippen molar-refractivity contribution in [2.75, 3.05) is 33.1 Å². The molecule has 5 rings (SSSR count). The number of unbranched alkanes of at least 4 members (excludes halogenated alkanes) is 1. The van der Waals surface area contributed by atoms with Gasteiger partial charge in [0.25, 0.3) is 0 Å². The number of alkyl carbamates (subject to hydrolysis) is 2. The predicted octanol–water partition coefficient (Wildman–Crippen LogP) is 6.33. The minimum Gasteiger partial charge on any atom is -0.497 e. The first kappa shape index (κ1) is 37.3. The standard InChI is InChI=1S/C38H45N3O9S/c1-38(2,3)50-36(45)39-19-11-10-16-30(40-37(46)49-21-29-26-14-8-6-12-24(26)25-13-7-9-15-27(25)29)33(42)41-31(35(43)44)22-51-34(41)28-18-17-23(47-4)20-32(28)48-5/h6-9,12-15,17-18,20,29-31,34H,10-11,16,19,21-22H2,1-5H3,(H,39,45)(H,40,46)(H,43,44)/t30-,31+,34?/m1/s1. The molecule has 0 radical (unpaired) electrons. The number of amides is 3. The molecule has 0 saturated carbocycles. The Morgan fingerprint density at radius 3 is 2.18 bits per heavy atom. The topological polar surface area (TPSA) is 153 Å². The van der Waals surface area contributed by atoms with Gasteiger partial charge in [0.05, 0.1) is 14.2 Å². The molecule has 13 heteroatoms. The third kappa shape index (κ3) is 8.88. The van der Waals surface area contributed by atoms with Crippen LogP contribution in [0.2, 0.25) is 0 Å². The molecule has 1 aliphatic heterocycles. The van der Waals surface area contributed by atoms with Crippen LogP contribution in [0.15, 0.2) is 66.7 Å². The first-order valence-corrected chi connectivity index (χ1v) is 17.9. The number of thioether (sulfide) groups is 1. The molecular formula is C38H45N3O9S. The maximum absolute atomic E-state index is 14.4. The van der Waals surface area contributed by atoms with Crippen molar-refractivity contribution in [2.24, 2.45) is 0 Å². The van der Waals surface area contributed by atoms with Crippen molar-refractivity contribution in [1.82, 2.24) is 15.5 Å². The highest BCUT2D eigenvalue weighted by Gasteiger charge is 2.45. The van der Waals surface area contributed by atoms with Crippen molar-refractivity contribution in [2.45, 2.75) is 69.0 Å². The lowest BCUT2D eigenvalue weighted by molar-refractivity contribution is -0.150. The van der Waals surface area contributed by atoms with Gasteiger partial charge in [-0.05, 0) is 74.4 Å². The fourth-order valence-electron chi connectivity index (χ4n) is 6.43. The summed E-state index contributed by atoms with van der Waals surface area (Å²) in [5.41, 5.74) is 4.22. The first-order valence-electron chi connectivity index (χ1n) is 16.9. The number of carbonyl (C=O) groups excluding carboxylic acids is 3. The molecule has 272 valence electrons. The second-order valence-electron chi connectivity index (χ2n) is 13.3. The summed E-state index contributed by atoms with van der Waals surface area (Å²) < 4.78 is 22.0. The number of carbonyl (C=O) groups is 4. The smallest absolute Gasteiger partial charge is 0.407 e. The Kier molecular flexibility index (Phi) is 12.0. The number of carboxylic acid groups (broad SMARTS) is 1. The van der Waals surface area contributed by atoms with E-state index in [1.807, 2.05) is 48.5 Å². The van der Waals surface area contributed by atoms with Gasteiger partial charge in [-0.3, -0.25) is 4.79 Å². The molecule has 0 spiro atoms. The van der Waals surface area contributed by atoms with E-state index in [1.165, 1.54) is 30.9 Å². The van der Waals surface area contributed by atoms with E-state index in [9.17, 15) is 24.3 Å². The summed E-state index contributed by atoms with van der Waals surface area (Å²) in [6.45, 7) is 5.64. The number of benzene rings is 3. The van der Waals surface area contributed by atoms with E-state index in [0.717, 1.165) is 22.3 Å². The van der Waals surface area contributed by atoms with Crippen LogP contribution >= 0.6 is 11.8 Å². The molecule has 1 heterocycles. The lowest BCUT2D eigenvalue weighted by Crippen LogP contribution is -2.53. The first-order chi connectivity index (χ1) is 24.4. The molecule has 3 aromatic rings. The third-order valence-corrected chi connectivity index (χ3v) is 10.1. The van der Waals surface area contributed by atoms with Crippen molar-refractivity contribution in [3.05, 3.63) is 83.4 Å². The van der Waals surface area contributed by atoms with Gasteiger partial charge in [0.15, 0.2) is 0 Å². The molecule has 3 aromatic carbocycles. The van der Waals surface area contributed by atoms with Crippen molar-refractivity contribution in [1.29, 1.82) is 0 Å². The minimum atomic E-state index is -1.16. The number of rotatable bonds is 13. The molecule has 3 amide bonds. The second kappa shape index (κ2) is 16.4. The van der Waals surface area contributed by atoms with Crippen molar-refractivity contribution in [3.8, 4) is 22.6 Å². The molecule has 0 bridgehead atoms. The number of ether oxygens (including phenoxy) is 4. The highest BCUT2D eigenvalue weighted by molar-refractivity contribution is 7.99. The maximum Gasteiger partial charge on any atom is 0.407 e. The Labute approximate surface area is 302 Å². The minimum absolute atomic E-state index is 0.0452. The van der Waals surface area contributed by atoms with Crippen LogP contribution in [-0.4, -0.2) is 84.9 Å². The van der Waals surface area contributed by atoms with Gasteiger partial charge in [0.1, 0.15) is 41.2 Å². The molecular weight excluding hydrogens is 674 g/mol.